The largest absolute Gasteiger partial charge is 0.380 e. The lowest BCUT2D eigenvalue weighted by atomic mass is 10.0. The summed E-state index contributed by atoms with van der Waals surface area (Å²) in [5.74, 6) is -1.55. The molecule has 1 aliphatic rings. The zero-order valence-corrected chi connectivity index (χ0v) is 16.5. The Hall–Kier alpha value is -2.23. The average molecular weight is 409 g/mol. The average Bonchev–Trinajstić information content (AvgIpc) is 3.21. The van der Waals surface area contributed by atoms with Gasteiger partial charge >= 0.3 is 0 Å². The third-order valence-corrected chi connectivity index (χ3v) is 7.80. The van der Waals surface area contributed by atoms with Crippen molar-refractivity contribution in [2.24, 2.45) is 5.73 Å². The van der Waals surface area contributed by atoms with Crippen LogP contribution in [0, 0.1) is 0 Å². The monoisotopic (exact) mass is 408 g/mol. The van der Waals surface area contributed by atoms with E-state index in [1.54, 1.807) is 18.2 Å². The molecular formula is C18H20N2O5S2. The summed E-state index contributed by atoms with van der Waals surface area (Å²) in [4.78, 5) is 24.0. The van der Waals surface area contributed by atoms with Crippen molar-refractivity contribution >= 4 is 38.0 Å². The molecule has 1 fully saturated rings. The van der Waals surface area contributed by atoms with Crippen LogP contribution in [0.15, 0.2) is 39.4 Å². The van der Waals surface area contributed by atoms with E-state index in [0.29, 0.717) is 18.4 Å². The van der Waals surface area contributed by atoms with E-state index in [0.717, 1.165) is 11.3 Å². The molecule has 0 atom stereocenters. The molecule has 0 unspecified atom stereocenters. The van der Waals surface area contributed by atoms with Crippen LogP contribution in [0.3, 0.4) is 0 Å². The van der Waals surface area contributed by atoms with Crippen LogP contribution in [0.1, 0.15) is 48.5 Å². The van der Waals surface area contributed by atoms with Crippen molar-refractivity contribution in [3.05, 3.63) is 41.5 Å². The molecule has 27 heavy (non-hydrogen) atoms. The van der Waals surface area contributed by atoms with E-state index in [-0.39, 0.29) is 25.6 Å². The van der Waals surface area contributed by atoms with Crippen LogP contribution < -0.4 is 11.1 Å². The first-order valence-corrected chi connectivity index (χ1v) is 10.7. The molecule has 0 saturated heterocycles. The highest BCUT2D eigenvalue weighted by molar-refractivity contribution is 7.93. The minimum atomic E-state index is -3.91. The number of rotatable bonds is 6. The number of thiophene rings is 1. The van der Waals surface area contributed by atoms with Gasteiger partial charge in [0.15, 0.2) is 0 Å². The van der Waals surface area contributed by atoms with E-state index in [2.05, 4.69) is 5.32 Å². The van der Waals surface area contributed by atoms with Gasteiger partial charge in [-0.15, -0.1) is 11.3 Å². The first kappa shape index (κ1) is 19.5. The zero-order valence-electron chi connectivity index (χ0n) is 14.9. The van der Waals surface area contributed by atoms with Gasteiger partial charge in [-0.1, -0.05) is 32.0 Å². The van der Waals surface area contributed by atoms with E-state index < -0.39 is 27.3 Å². The zero-order chi connectivity index (χ0) is 20.0. The fourth-order valence-electron chi connectivity index (χ4n) is 2.65. The Kier molecular flexibility index (Phi) is 4.87. The number of carbonyl (C=O) groups excluding carboxylic acids is 2. The molecule has 2 amide bonds. The maximum absolute atomic E-state index is 13.1. The van der Waals surface area contributed by atoms with Gasteiger partial charge in [0.05, 0.1) is 10.5 Å². The number of nitrogens with one attached hydrogen (secondary N) is 1. The Morgan fingerprint density at radius 2 is 1.89 bits per heavy atom. The van der Waals surface area contributed by atoms with Crippen molar-refractivity contribution in [2.45, 2.75) is 47.3 Å². The summed E-state index contributed by atoms with van der Waals surface area (Å²) in [7, 11) is -3.91. The summed E-state index contributed by atoms with van der Waals surface area (Å²) in [6.07, 6.45) is 0.645. The number of primary amides is 1. The second-order valence-corrected chi connectivity index (χ2v) is 10.1. The predicted octanol–water partition coefficient (Wildman–Crippen LogP) is 2.27. The fourth-order valence-corrected chi connectivity index (χ4v) is 5.76. The van der Waals surface area contributed by atoms with E-state index in [1.165, 1.54) is 12.1 Å². The van der Waals surface area contributed by atoms with Crippen LogP contribution in [0.2, 0.25) is 0 Å². The lowest BCUT2D eigenvalue weighted by Crippen LogP contribution is -2.29. The Balaban J connectivity index is 2.05. The minimum Gasteiger partial charge on any atom is -0.380 e. The second kappa shape index (κ2) is 6.74. The van der Waals surface area contributed by atoms with Gasteiger partial charge in [0.2, 0.25) is 9.84 Å². The van der Waals surface area contributed by atoms with Crippen LogP contribution >= 0.6 is 11.3 Å². The van der Waals surface area contributed by atoms with Crippen molar-refractivity contribution in [2.75, 3.05) is 5.32 Å². The maximum Gasteiger partial charge on any atom is 0.256 e. The van der Waals surface area contributed by atoms with Gasteiger partial charge in [0.25, 0.3) is 11.8 Å². The molecule has 3 rings (SSSR count). The van der Waals surface area contributed by atoms with Crippen LogP contribution in [0.25, 0.3) is 0 Å². The highest BCUT2D eigenvalue weighted by Crippen LogP contribution is 2.40. The van der Waals surface area contributed by atoms with E-state index in [9.17, 15) is 23.1 Å². The highest BCUT2D eigenvalue weighted by atomic mass is 32.2. The summed E-state index contributed by atoms with van der Waals surface area (Å²) in [6.45, 7) is 3.78. The van der Waals surface area contributed by atoms with E-state index >= 15 is 0 Å². The van der Waals surface area contributed by atoms with E-state index in [1.807, 2.05) is 13.8 Å². The van der Waals surface area contributed by atoms with Crippen molar-refractivity contribution in [1.82, 2.24) is 0 Å². The number of hydrogen-bond acceptors (Lipinski definition) is 6. The minimum absolute atomic E-state index is 0.0187. The quantitative estimate of drug-likeness (QED) is 0.676. The molecule has 4 N–H and O–H groups in total. The summed E-state index contributed by atoms with van der Waals surface area (Å²) < 4.78 is 26.2. The van der Waals surface area contributed by atoms with Gasteiger partial charge in [-0.2, -0.15) is 0 Å². The fraction of sp³-hybridized carbons (Fsp3) is 0.333. The van der Waals surface area contributed by atoms with Crippen molar-refractivity contribution in [3.63, 3.8) is 0 Å². The van der Waals surface area contributed by atoms with Gasteiger partial charge in [-0.25, -0.2) is 8.42 Å². The van der Waals surface area contributed by atoms with Gasteiger partial charge in [0.1, 0.15) is 14.8 Å². The number of anilines is 1. The van der Waals surface area contributed by atoms with Gasteiger partial charge in [-0.3, -0.25) is 9.59 Å². The number of hydrogen-bond donors (Lipinski definition) is 3. The molecule has 1 heterocycles. The molecule has 1 aromatic carbocycles. The number of sulfone groups is 1. The molecule has 7 nitrogen and oxygen atoms in total. The van der Waals surface area contributed by atoms with Crippen LogP contribution in [0.5, 0.6) is 0 Å². The van der Waals surface area contributed by atoms with Gasteiger partial charge in [0, 0.05) is 0 Å². The summed E-state index contributed by atoms with van der Waals surface area (Å²) in [6, 6.07) is 7.82. The second-order valence-electron chi connectivity index (χ2n) is 6.85. The molecule has 144 valence electrons. The first-order valence-electron chi connectivity index (χ1n) is 8.38. The topological polar surface area (TPSA) is 127 Å². The molecule has 1 aliphatic carbocycles. The number of amides is 2. The summed E-state index contributed by atoms with van der Waals surface area (Å²) >= 11 is 0.750. The molecule has 0 spiro atoms. The first-order chi connectivity index (χ1) is 12.6. The predicted molar refractivity (Wildman–Crippen MR) is 102 cm³/mol. The van der Waals surface area contributed by atoms with Crippen LogP contribution in [0.4, 0.5) is 5.00 Å². The lowest BCUT2D eigenvalue weighted by molar-refractivity contribution is -0.125. The number of benzene rings is 1. The maximum atomic E-state index is 13.1. The van der Waals surface area contributed by atoms with Gasteiger partial charge < -0.3 is 16.2 Å². The SMILES string of the molecule is CC(C)c1ccccc1S(=O)(=O)c1cc(C(N)=O)c(NC(=O)C2(O)CC2)s1. The van der Waals surface area contributed by atoms with Crippen LogP contribution in [-0.4, -0.2) is 30.9 Å². The molecule has 0 bridgehead atoms. The standard InChI is InChI=1S/C18H20N2O5S2/c1-10(2)11-5-3-4-6-13(11)27(24,25)14-9-12(15(19)21)16(26-14)20-17(22)18(23)7-8-18/h3-6,9-10,23H,7-8H2,1-2H3,(H2,19,21)(H,20,22). The molecule has 2 aromatic rings. The van der Waals surface area contributed by atoms with E-state index in [4.69, 9.17) is 5.73 Å². The number of nitrogens with two attached hydrogens (primary N) is 1. The van der Waals surface area contributed by atoms with Gasteiger partial charge in [-0.05, 0) is 36.5 Å². The number of aliphatic hydroxyl groups is 1. The molecule has 1 aromatic heterocycles. The highest BCUT2D eigenvalue weighted by Gasteiger charge is 2.48. The van der Waals surface area contributed by atoms with Crippen molar-refractivity contribution < 1.29 is 23.1 Å². The molecular weight excluding hydrogens is 388 g/mol. The normalized spacial score (nSPS) is 15.6. The Labute approximate surface area is 161 Å². The number of carbonyl (C=O) groups is 2. The third kappa shape index (κ3) is 3.62. The summed E-state index contributed by atoms with van der Waals surface area (Å²) in [5, 5.41) is 12.4. The molecule has 0 aliphatic heterocycles. The van der Waals surface area contributed by atoms with Crippen LogP contribution in [-0.2, 0) is 14.6 Å². The lowest BCUT2D eigenvalue weighted by Gasteiger charge is -2.12. The Morgan fingerprint density at radius 3 is 2.44 bits per heavy atom. The summed E-state index contributed by atoms with van der Waals surface area (Å²) in [5.41, 5.74) is 4.45. The Morgan fingerprint density at radius 1 is 1.26 bits per heavy atom. The molecule has 0 radical (unpaired) electrons. The molecule has 9 heteroatoms. The molecule has 1 saturated carbocycles. The third-order valence-electron chi connectivity index (χ3n) is 4.44. The Bertz CT molecular complexity index is 1020. The van der Waals surface area contributed by atoms with Crippen molar-refractivity contribution in [3.8, 4) is 0 Å². The van der Waals surface area contributed by atoms with Crippen molar-refractivity contribution in [1.29, 1.82) is 0 Å². The smallest absolute Gasteiger partial charge is 0.256 e.